The molecule has 1 saturated carbocycles. The van der Waals surface area contributed by atoms with E-state index < -0.39 is 32.4 Å². The molecule has 0 aromatic heterocycles. The molecule has 1 aromatic rings. The van der Waals surface area contributed by atoms with Crippen molar-refractivity contribution in [3.63, 3.8) is 0 Å². The Hall–Kier alpha value is -0.980. The van der Waals surface area contributed by atoms with Gasteiger partial charge in [-0.1, -0.05) is 12.1 Å². The van der Waals surface area contributed by atoms with Crippen LogP contribution in [0.15, 0.2) is 24.3 Å². The minimum absolute atomic E-state index is 0.155. The van der Waals surface area contributed by atoms with Crippen LogP contribution in [0.25, 0.3) is 0 Å². The summed E-state index contributed by atoms with van der Waals surface area (Å²) in [5.74, 6) is -0.805. The van der Waals surface area contributed by atoms with Crippen LogP contribution in [0, 0.1) is 5.82 Å². The molecule has 0 aliphatic heterocycles. The summed E-state index contributed by atoms with van der Waals surface area (Å²) in [5.41, 5.74) is 5.81. The molecular formula is C13H18FNO3S. The van der Waals surface area contributed by atoms with Gasteiger partial charge >= 0.3 is 0 Å². The molecule has 1 fully saturated rings. The summed E-state index contributed by atoms with van der Waals surface area (Å²) in [7, 11) is -3.31. The molecule has 1 aliphatic carbocycles. The van der Waals surface area contributed by atoms with Crippen molar-refractivity contribution >= 4 is 9.84 Å². The van der Waals surface area contributed by atoms with Crippen LogP contribution in [0.5, 0.6) is 0 Å². The van der Waals surface area contributed by atoms with Crippen molar-refractivity contribution in [3.05, 3.63) is 35.6 Å². The first-order valence-electron chi connectivity index (χ1n) is 6.11. The SMILES string of the molecule is CCOC[C@]1(N)[C@H](c2cccc(F)c2)[C@@H]1S(C)(=O)=O. The highest BCUT2D eigenvalue weighted by Gasteiger charge is 2.68. The lowest BCUT2D eigenvalue weighted by atomic mass is 10.1. The van der Waals surface area contributed by atoms with Gasteiger partial charge in [-0.3, -0.25) is 0 Å². The van der Waals surface area contributed by atoms with Crippen LogP contribution in [0.1, 0.15) is 18.4 Å². The number of ether oxygens (including phenoxy) is 1. The van der Waals surface area contributed by atoms with Crippen molar-refractivity contribution < 1.29 is 17.5 Å². The molecule has 1 aromatic carbocycles. The van der Waals surface area contributed by atoms with Crippen molar-refractivity contribution in [3.8, 4) is 0 Å². The first-order chi connectivity index (χ1) is 8.80. The Morgan fingerprint density at radius 2 is 2.16 bits per heavy atom. The second-order valence-corrected chi connectivity index (χ2v) is 7.20. The largest absolute Gasteiger partial charge is 0.380 e. The number of hydrogen-bond donors (Lipinski definition) is 1. The van der Waals surface area contributed by atoms with Gasteiger partial charge in [-0.15, -0.1) is 0 Å². The average molecular weight is 287 g/mol. The second kappa shape index (κ2) is 4.85. The molecule has 2 rings (SSSR count). The summed E-state index contributed by atoms with van der Waals surface area (Å²) < 4.78 is 42.2. The Balaban J connectivity index is 2.33. The molecular weight excluding hydrogens is 269 g/mol. The van der Waals surface area contributed by atoms with E-state index in [-0.39, 0.29) is 6.61 Å². The molecule has 0 bridgehead atoms. The highest BCUT2D eigenvalue weighted by Crippen LogP contribution is 2.54. The van der Waals surface area contributed by atoms with Crippen molar-refractivity contribution in [2.45, 2.75) is 23.6 Å². The van der Waals surface area contributed by atoms with E-state index >= 15 is 0 Å². The van der Waals surface area contributed by atoms with Crippen LogP contribution in [-0.2, 0) is 14.6 Å². The van der Waals surface area contributed by atoms with Crippen molar-refractivity contribution in [2.75, 3.05) is 19.5 Å². The lowest BCUT2D eigenvalue weighted by molar-refractivity contribution is 0.125. The number of benzene rings is 1. The van der Waals surface area contributed by atoms with Crippen LogP contribution in [0.3, 0.4) is 0 Å². The monoisotopic (exact) mass is 287 g/mol. The number of hydrogen-bond acceptors (Lipinski definition) is 4. The highest BCUT2D eigenvalue weighted by molar-refractivity contribution is 7.91. The van der Waals surface area contributed by atoms with E-state index in [4.69, 9.17) is 10.5 Å². The van der Waals surface area contributed by atoms with E-state index in [0.717, 1.165) is 6.26 Å². The molecule has 0 spiro atoms. The molecule has 0 saturated heterocycles. The fourth-order valence-corrected chi connectivity index (χ4v) is 4.54. The first-order valence-corrected chi connectivity index (χ1v) is 8.07. The Kier molecular flexibility index (Phi) is 3.68. The maximum atomic E-state index is 13.3. The molecule has 0 amide bonds. The molecule has 4 nitrogen and oxygen atoms in total. The first kappa shape index (κ1) is 14.4. The fourth-order valence-electron chi connectivity index (χ4n) is 2.70. The van der Waals surface area contributed by atoms with Gasteiger partial charge in [-0.2, -0.15) is 0 Å². The van der Waals surface area contributed by atoms with Gasteiger partial charge in [-0.25, -0.2) is 12.8 Å². The third kappa shape index (κ3) is 2.66. The summed E-state index contributed by atoms with van der Waals surface area (Å²) >= 11 is 0. The molecule has 0 radical (unpaired) electrons. The van der Waals surface area contributed by atoms with Gasteiger partial charge in [-0.05, 0) is 24.6 Å². The standard InChI is InChI=1S/C13H18FNO3S/c1-3-18-8-13(15)11(12(13)19(2,16)17)9-5-4-6-10(14)7-9/h4-7,11-12H,3,8,15H2,1-2H3/t11-,12+,13+/m1/s1. The number of sulfone groups is 1. The van der Waals surface area contributed by atoms with Crippen LogP contribution in [-0.4, -0.2) is 38.7 Å². The van der Waals surface area contributed by atoms with Gasteiger partial charge in [0, 0.05) is 18.8 Å². The minimum Gasteiger partial charge on any atom is -0.380 e. The van der Waals surface area contributed by atoms with Gasteiger partial charge in [0.2, 0.25) is 0 Å². The van der Waals surface area contributed by atoms with Crippen molar-refractivity contribution in [2.24, 2.45) is 5.73 Å². The molecule has 0 heterocycles. The molecule has 19 heavy (non-hydrogen) atoms. The van der Waals surface area contributed by atoms with E-state index in [1.165, 1.54) is 12.1 Å². The van der Waals surface area contributed by atoms with E-state index in [1.54, 1.807) is 12.1 Å². The molecule has 106 valence electrons. The predicted octanol–water partition coefficient (Wildman–Crippen LogP) is 1.07. The normalized spacial score (nSPS) is 30.3. The second-order valence-electron chi connectivity index (χ2n) is 5.03. The van der Waals surface area contributed by atoms with Gasteiger partial charge in [0.25, 0.3) is 0 Å². The highest BCUT2D eigenvalue weighted by atomic mass is 32.2. The quantitative estimate of drug-likeness (QED) is 0.879. The Labute approximate surface area is 112 Å². The molecule has 2 N–H and O–H groups in total. The summed E-state index contributed by atoms with van der Waals surface area (Å²) in [6.07, 6.45) is 1.16. The van der Waals surface area contributed by atoms with Crippen LogP contribution in [0.2, 0.25) is 0 Å². The summed E-state index contributed by atoms with van der Waals surface area (Å²) in [6, 6.07) is 5.92. The zero-order valence-electron chi connectivity index (χ0n) is 11.0. The molecule has 0 unspecified atom stereocenters. The van der Waals surface area contributed by atoms with Crippen LogP contribution < -0.4 is 5.73 Å². The van der Waals surface area contributed by atoms with Gasteiger partial charge in [0.15, 0.2) is 9.84 Å². The summed E-state index contributed by atoms with van der Waals surface area (Å²) in [5, 5.41) is -0.714. The fraction of sp³-hybridized carbons (Fsp3) is 0.538. The summed E-state index contributed by atoms with van der Waals surface area (Å²) in [4.78, 5) is 0. The van der Waals surface area contributed by atoms with E-state index in [2.05, 4.69) is 0 Å². The maximum Gasteiger partial charge on any atom is 0.152 e. The average Bonchev–Trinajstić information content (AvgIpc) is 2.94. The van der Waals surface area contributed by atoms with Gasteiger partial charge in [0.1, 0.15) is 5.82 Å². The van der Waals surface area contributed by atoms with E-state index in [1.807, 2.05) is 6.92 Å². The topological polar surface area (TPSA) is 69.4 Å². The van der Waals surface area contributed by atoms with Crippen molar-refractivity contribution in [1.82, 2.24) is 0 Å². The smallest absolute Gasteiger partial charge is 0.152 e. The predicted molar refractivity (Wildman–Crippen MR) is 71.2 cm³/mol. The molecule has 1 aliphatic rings. The molecule has 3 atom stereocenters. The third-order valence-corrected chi connectivity index (χ3v) is 5.16. The third-order valence-electron chi connectivity index (χ3n) is 3.53. The number of rotatable bonds is 5. The number of halogens is 1. The van der Waals surface area contributed by atoms with Crippen LogP contribution in [0.4, 0.5) is 4.39 Å². The molecule has 6 heteroatoms. The zero-order chi connectivity index (χ0) is 14.3. The van der Waals surface area contributed by atoms with Gasteiger partial charge < -0.3 is 10.5 Å². The van der Waals surface area contributed by atoms with Crippen LogP contribution >= 0.6 is 0 Å². The Morgan fingerprint density at radius 1 is 1.47 bits per heavy atom. The maximum absolute atomic E-state index is 13.3. The van der Waals surface area contributed by atoms with Gasteiger partial charge in [0.05, 0.1) is 17.4 Å². The van der Waals surface area contributed by atoms with E-state index in [9.17, 15) is 12.8 Å². The lowest BCUT2D eigenvalue weighted by Crippen LogP contribution is -2.36. The summed E-state index contributed by atoms with van der Waals surface area (Å²) in [6.45, 7) is 2.44. The Morgan fingerprint density at radius 3 is 2.68 bits per heavy atom. The zero-order valence-corrected chi connectivity index (χ0v) is 11.8. The van der Waals surface area contributed by atoms with E-state index in [0.29, 0.717) is 12.2 Å². The van der Waals surface area contributed by atoms with Crippen molar-refractivity contribution in [1.29, 1.82) is 0 Å². The Bertz CT molecular complexity index is 575. The lowest BCUT2D eigenvalue weighted by Gasteiger charge is -2.11. The minimum atomic E-state index is -3.31. The number of nitrogens with two attached hydrogens (primary N) is 1.